The molecule has 78 valence electrons. The van der Waals surface area contributed by atoms with E-state index in [2.05, 4.69) is 20.5 Å². The second-order valence-corrected chi connectivity index (χ2v) is 3.71. The standard InChI is InChI=1S/C7H7N5O2S/c13-12(14)6-4-9-7(15-6)8-3-5-1-2-10-11-5/h1-2,4H,3H2,(H,8,9)(H,10,11). The molecule has 0 bridgehead atoms. The summed E-state index contributed by atoms with van der Waals surface area (Å²) in [6.45, 7) is 0.519. The number of nitrogens with one attached hydrogen (secondary N) is 2. The number of H-pyrrole nitrogens is 1. The Labute approximate surface area is 88.3 Å². The van der Waals surface area contributed by atoms with Crippen molar-refractivity contribution in [2.45, 2.75) is 6.54 Å². The number of thiazole rings is 1. The van der Waals surface area contributed by atoms with Gasteiger partial charge in [0.1, 0.15) is 6.20 Å². The van der Waals surface area contributed by atoms with Gasteiger partial charge in [-0.25, -0.2) is 4.98 Å². The number of aromatic amines is 1. The van der Waals surface area contributed by atoms with Crippen LogP contribution in [0.15, 0.2) is 18.5 Å². The molecule has 2 aromatic rings. The number of hydrogen-bond acceptors (Lipinski definition) is 6. The average molecular weight is 225 g/mol. The number of nitrogens with zero attached hydrogens (tertiary/aromatic N) is 3. The van der Waals surface area contributed by atoms with Gasteiger partial charge in [0.25, 0.3) is 0 Å². The lowest BCUT2D eigenvalue weighted by molar-refractivity contribution is -0.380. The molecule has 2 heterocycles. The molecule has 0 radical (unpaired) electrons. The normalized spacial score (nSPS) is 10.1. The largest absolute Gasteiger partial charge is 0.356 e. The first kappa shape index (κ1) is 9.59. The van der Waals surface area contributed by atoms with Crippen molar-refractivity contribution in [1.82, 2.24) is 15.2 Å². The smallest absolute Gasteiger partial charge is 0.345 e. The van der Waals surface area contributed by atoms with E-state index in [1.54, 1.807) is 6.20 Å². The van der Waals surface area contributed by atoms with Gasteiger partial charge in [0.05, 0.1) is 17.2 Å². The number of nitro groups is 1. The van der Waals surface area contributed by atoms with Gasteiger partial charge >= 0.3 is 5.00 Å². The molecule has 15 heavy (non-hydrogen) atoms. The first-order chi connectivity index (χ1) is 7.25. The van der Waals surface area contributed by atoms with Gasteiger partial charge in [-0.15, -0.1) is 0 Å². The van der Waals surface area contributed by atoms with Crippen LogP contribution in [0, 0.1) is 10.1 Å². The minimum atomic E-state index is -0.459. The van der Waals surface area contributed by atoms with E-state index in [9.17, 15) is 10.1 Å². The Kier molecular flexibility index (Phi) is 2.59. The third-order valence-corrected chi connectivity index (χ3v) is 2.57. The van der Waals surface area contributed by atoms with Crippen molar-refractivity contribution < 1.29 is 4.92 Å². The van der Waals surface area contributed by atoms with Crippen molar-refractivity contribution in [3.63, 3.8) is 0 Å². The quantitative estimate of drug-likeness (QED) is 0.605. The van der Waals surface area contributed by atoms with Gasteiger partial charge in [-0.05, 0) is 17.4 Å². The van der Waals surface area contributed by atoms with Crippen LogP contribution < -0.4 is 5.32 Å². The summed E-state index contributed by atoms with van der Waals surface area (Å²) in [4.78, 5) is 13.8. The van der Waals surface area contributed by atoms with Gasteiger partial charge in [-0.3, -0.25) is 15.2 Å². The monoisotopic (exact) mass is 225 g/mol. The molecular formula is C7H7N5O2S. The summed E-state index contributed by atoms with van der Waals surface area (Å²) in [5, 5.41) is 20.4. The van der Waals surface area contributed by atoms with Gasteiger partial charge in [0.2, 0.25) is 0 Å². The molecule has 0 unspecified atom stereocenters. The molecule has 0 aromatic carbocycles. The molecule has 2 rings (SSSR count). The Morgan fingerprint density at radius 1 is 1.67 bits per heavy atom. The Morgan fingerprint density at radius 2 is 2.53 bits per heavy atom. The lowest BCUT2D eigenvalue weighted by Crippen LogP contribution is -1.98. The molecule has 0 aliphatic rings. The predicted octanol–water partition coefficient (Wildman–Crippen LogP) is 1.39. The summed E-state index contributed by atoms with van der Waals surface area (Å²) < 4.78 is 0. The summed E-state index contributed by atoms with van der Waals surface area (Å²) in [7, 11) is 0. The van der Waals surface area contributed by atoms with E-state index in [1.807, 2.05) is 6.07 Å². The van der Waals surface area contributed by atoms with Crippen molar-refractivity contribution in [2.24, 2.45) is 0 Å². The number of hydrogen-bond donors (Lipinski definition) is 2. The highest BCUT2D eigenvalue weighted by atomic mass is 32.1. The minimum absolute atomic E-state index is 0.0297. The molecule has 8 heteroatoms. The van der Waals surface area contributed by atoms with E-state index in [4.69, 9.17) is 0 Å². The average Bonchev–Trinajstić information content (AvgIpc) is 2.86. The van der Waals surface area contributed by atoms with E-state index >= 15 is 0 Å². The van der Waals surface area contributed by atoms with Crippen molar-refractivity contribution in [3.8, 4) is 0 Å². The van der Waals surface area contributed by atoms with Crippen LogP contribution in [0.5, 0.6) is 0 Å². The second kappa shape index (κ2) is 4.05. The fourth-order valence-electron chi connectivity index (χ4n) is 0.986. The van der Waals surface area contributed by atoms with Crippen molar-refractivity contribution >= 4 is 21.5 Å². The minimum Gasteiger partial charge on any atom is -0.356 e. The van der Waals surface area contributed by atoms with Crippen LogP contribution in [0.4, 0.5) is 10.1 Å². The molecule has 0 atom stereocenters. The van der Waals surface area contributed by atoms with Gasteiger partial charge in [-0.1, -0.05) is 0 Å². The summed E-state index contributed by atoms with van der Waals surface area (Å²) in [6.07, 6.45) is 2.88. The van der Waals surface area contributed by atoms with Crippen LogP contribution in [-0.2, 0) is 6.54 Å². The molecule has 0 saturated carbocycles. The molecule has 0 saturated heterocycles. The second-order valence-electron chi connectivity index (χ2n) is 2.70. The fourth-order valence-corrected chi connectivity index (χ4v) is 1.61. The van der Waals surface area contributed by atoms with E-state index in [-0.39, 0.29) is 5.00 Å². The summed E-state index contributed by atoms with van der Waals surface area (Å²) in [6, 6.07) is 1.81. The van der Waals surface area contributed by atoms with Crippen LogP contribution in [-0.4, -0.2) is 20.1 Å². The number of rotatable bonds is 4. The van der Waals surface area contributed by atoms with Crippen molar-refractivity contribution in [3.05, 3.63) is 34.3 Å². The van der Waals surface area contributed by atoms with E-state index < -0.39 is 4.92 Å². The molecule has 2 N–H and O–H groups in total. The maximum Gasteiger partial charge on any atom is 0.345 e. The zero-order chi connectivity index (χ0) is 10.7. The molecule has 7 nitrogen and oxygen atoms in total. The molecule has 0 fully saturated rings. The van der Waals surface area contributed by atoms with Gasteiger partial charge < -0.3 is 5.32 Å². The van der Waals surface area contributed by atoms with Crippen LogP contribution >= 0.6 is 11.3 Å². The Balaban J connectivity index is 1.96. The van der Waals surface area contributed by atoms with Crippen LogP contribution in [0.3, 0.4) is 0 Å². The Morgan fingerprint density at radius 3 is 3.13 bits per heavy atom. The van der Waals surface area contributed by atoms with E-state index in [0.29, 0.717) is 11.7 Å². The number of anilines is 1. The van der Waals surface area contributed by atoms with Crippen LogP contribution in [0.1, 0.15) is 5.69 Å². The SMILES string of the molecule is O=[N+]([O-])c1cnc(NCc2ccn[nH]2)s1. The van der Waals surface area contributed by atoms with Gasteiger partial charge in [0.15, 0.2) is 5.13 Å². The summed E-state index contributed by atoms with van der Waals surface area (Å²) in [5.41, 5.74) is 0.896. The first-order valence-electron chi connectivity index (χ1n) is 4.08. The maximum atomic E-state index is 10.4. The molecule has 0 aliphatic carbocycles. The molecule has 0 aliphatic heterocycles. The lowest BCUT2D eigenvalue weighted by atomic mass is 10.4. The number of aromatic nitrogens is 3. The highest BCUT2D eigenvalue weighted by molar-refractivity contribution is 7.18. The summed E-state index contributed by atoms with van der Waals surface area (Å²) in [5.74, 6) is 0. The molecular weight excluding hydrogens is 218 g/mol. The highest BCUT2D eigenvalue weighted by Crippen LogP contribution is 2.24. The molecule has 0 amide bonds. The van der Waals surface area contributed by atoms with E-state index in [1.165, 1.54) is 6.20 Å². The zero-order valence-electron chi connectivity index (χ0n) is 7.51. The van der Waals surface area contributed by atoms with Crippen LogP contribution in [0.25, 0.3) is 0 Å². The topological polar surface area (TPSA) is 96.7 Å². The Hall–Kier alpha value is -1.96. The first-order valence-corrected chi connectivity index (χ1v) is 4.89. The molecule has 2 aromatic heterocycles. The lowest BCUT2D eigenvalue weighted by Gasteiger charge is -1.97. The Bertz CT molecular complexity index is 452. The maximum absolute atomic E-state index is 10.4. The van der Waals surface area contributed by atoms with Gasteiger partial charge in [-0.2, -0.15) is 5.10 Å². The van der Waals surface area contributed by atoms with E-state index in [0.717, 1.165) is 17.0 Å². The third-order valence-electron chi connectivity index (χ3n) is 1.66. The predicted molar refractivity (Wildman–Crippen MR) is 54.7 cm³/mol. The van der Waals surface area contributed by atoms with Crippen molar-refractivity contribution in [2.75, 3.05) is 5.32 Å². The fraction of sp³-hybridized carbons (Fsp3) is 0.143. The van der Waals surface area contributed by atoms with Crippen molar-refractivity contribution in [1.29, 1.82) is 0 Å². The third kappa shape index (κ3) is 2.29. The summed E-state index contributed by atoms with van der Waals surface area (Å²) >= 11 is 1.01. The van der Waals surface area contributed by atoms with Gasteiger partial charge in [0, 0.05) is 6.20 Å². The zero-order valence-corrected chi connectivity index (χ0v) is 8.32. The molecule has 0 spiro atoms. The van der Waals surface area contributed by atoms with Crippen LogP contribution in [0.2, 0.25) is 0 Å². The highest BCUT2D eigenvalue weighted by Gasteiger charge is 2.10.